The second kappa shape index (κ2) is 7.53. The van der Waals surface area contributed by atoms with Gasteiger partial charge in [0.25, 0.3) is 0 Å². The Morgan fingerprint density at radius 3 is 2.74 bits per heavy atom. The van der Waals surface area contributed by atoms with Crippen LogP contribution in [0.4, 0.5) is 10.1 Å². The fourth-order valence-corrected chi connectivity index (χ4v) is 2.85. The van der Waals surface area contributed by atoms with Crippen LogP contribution in [0.1, 0.15) is 24.1 Å². The fourth-order valence-electron chi connectivity index (χ4n) is 2.85. The van der Waals surface area contributed by atoms with Crippen LogP contribution in [0, 0.1) is 5.82 Å². The van der Waals surface area contributed by atoms with Crippen LogP contribution >= 0.6 is 0 Å². The summed E-state index contributed by atoms with van der Waals surface area (Å²) in [6.07, 6.45) is 2.92. The molecule has 0 aliphatic carbocycles. The van der Waals surface area contributed by atoms with Crippen molar-refractivity contribution in [1.82, 2.24) is 10.3 Å². The molecular formula is C18H22FN3O. The number of nitrogens with one attached hydrogen (secondary N) is 1. The number of anilines is 1. The molecule has 5 heteroatoms. The van der Waals surface area contributed by atoms with E-state index in [9.17, 15) is 9.50 Å². The maximum absolute atomic E-state index is 14.1. The largest absolute Gasteiger partial charge is 0.393 e. The lowest BCUT2D eigenvalue weighted by atomic mass is 10.1. The van der Waals surface area contributed by atoms with E-state index in [1.165, 1.54) is 6.07 Å². The molecule has 122 valence electrons. The molecule has 0 saturated carbocycles. The van der Waals surface area contributed by atoms with E-state index in [0.29, 0.717) is 44.7 Å². The molecule has 4 nitrogen and oxygen atoms in total. The molecule has 1 aliphatic rings. The number of aliphatic hydroxyl groups excluding tert-OH is 1. The van der Waals surface area contributed by atoms with Gasteiger partial charge in [-0.3, -0.25) is 4.98 Å². The van der Waals surface area contributed by atoms with Gasteiger partial charge in [0, 0.05) is 32.4 Å². The Hall–Kier alpha value is -1.98. The lowest BCUT2D eigenvalue weighted by Gasteiger charge is -2.32. The number of halogens is 1. The van der Waals surface area contributed by atoms with E-state index in [1.54, 1.807) is 6.20 Å². The highest BCUT2D eigenvalue weighted by molar-refractivity contribution is 5.50. The predicted octanol–water partition coefficient (Wildman–Crippen LogP) is 2.47. The van der Waals surface area contributed by atoms with Crippen LogP contribution in [0.5, 0.6) is 0 Å². The monoisotopic (exact) mass is 315 g/mol. The first kappa shape index (κ1) is 15.9. The fraction of sp³-hybridized carbons (Fsp3) is 0.389. The van der Waals surface area contributed by atoms with Crippen molar-refractivity contribution in [3.63, 3.8) is 0 Å². The van der Waals surface area contributed by atoms with Crippen molar-refractivity contribution in [2.24, 2.45) is 0 Å². The highest BCUT2D eigenvalue weighted by atomic mass is 19.1. The van der Waals surface area contributed by atoms with Gasteiger partial charge in [0.15, 0.2) is 0 Å². The number of hydrogen-bond acceptors (Lipinski definition) is 4. The number of hydrogen-bond donors (Lipinski definition) is 2. The standard InChI is InChI=1S/C18H22FN3O/c19-17-5-4-14(12-20-13-15-3-1-2-8-21-15)11-18(17)22-9-6-16(23)7-10-22/h1-5,8,11,16,20,23H,6-7,9-10,12-13H2. The van der Waals surface area contributed by atoms with E-state index in [2.05, 4.69) is 10.3 Å². The van der Waals surface area contributed by atoms with E-state index >= 15 is 0 Å². The Kier molecular flexibility index (Phi) is 5.20. The minimum atomic E-state index is -0.252. The van der Waals surface area contributed by atoms with Gasteiger partial charge in [-0.25, -0.2) is 4.39 Å². The number of aliphatic hydroxyl groups is 1. The quantitative estimate of drug-likeness (QED) is 0.890. The minimum absolute atomic E-state index is 0.199. The smallest absolute Gasteiger partial charge is 0.146 e. The molecule has 1 fully saturated rings. The first-order chi connectivity index (χ1) is 11.2. The van der Waals surface area contributed by atoms with Crippen LogP contribution in [0.15, 0.2) is 42.6 Å². The van der Waals surface area contributed by atoms with Gasteiger partial charge in [-0.2, -0.15) is 0 Å². The lowest BCUT2D eigenvalue weighted by molar-refractivity contribution is 0.145. The van der Waals surface area contributed by atoms with Crippen LogP contribution < -0.4 is 10.2 Å². The zero-order valence-electron chi connectivity index (χ0n) is 13.1. The maximum atomic E-state index is 14.1. The van der Waals surface area contributed by atoms with Gasteiger partial charge in [0.05, 0.1) is 17.5 Å². The molecule has 2 N–H and O–H groups in total. The molecule has 1 aliphatic heterocycles. The van der Waals surface area contributed by atoms with E-state index < -0.39 is 0 Å². The molecule has 3 rings (SSSR count). The number of benzene rings is 1. The van der Waals surface area contributed by atoms with E-state index in [0.717, 1.165) is 11.3 Å². The Labute approximate surface area is 136 Å². The molecule has 1 aromatic heterocycles. The summed E-state index contributed by atoms with van der Waals surface area (Å²) in [6, 6.07) is 11.1. The average Bonchev–Trinajstić information content (AvgIpc) is 2.58. The summed E-state index contributed by atoms with van der Waals surface area (Å²) in [5, 5.41) is 12.9. The van der Waals surface area contributed by atoms with E-state index in [4.69, 9.17) is 0 Å². The third-order valence-corrected chi connectivity index (χ3v) is 4.18. The van der Waals surface area contributed by atoms with Gasteiger partial charge < -0.3 is 15.3 Å². The van der Waals surface area contributed by atoms with Crippen LogP contribution in [0.3, 0.4) is 0 Å². The topological polar surface area (TPSA) is 48.4 Å². The molecule has 0 bridgehead atoms. The van der Waals surface area contributed by atoms with Crippen molar-refractivity contribution >= 4 is 5.69 Å². The van der Waals surface area contributed by atoms with Crippen molar-refractivity contribution in [3.8, 4) is 0 Å². The van der Waals surface area contributed by atoms with Gasteiger partial charge in [-0.05, 0) is 42.7 Å². The molecule has 23 heavy (non-hydrogen) atoms. The summed E-state index contributed by atoms with van der Waals surface area (Å²) in [7, 11) is 0. The number of piperidine rings is 1. The summed E-state index contributed by atoms with van der Waals surface area (Å²) >= 11 is 0. The molecule has 2 aromatic rings. The molecular weight excluding hydrogens is 293 g/mol. The van der Waals surface area contributed by atoms with Crippen molar-refractivity contribution in [2.45, 2.75) is 32.0 Å². The Morgan fingerprint density at radius 2 is 2.00 bits per heavy atom. The van der Waals surface area contributed by atoms with Crippen LogP contribution in [0.2, 0.25) is 0 Å². The second-order valence-electron chi connectivity index (χ2n) is 5.93. The first-order valence-corrected chi connectivity index (χ1v) is 8.04. The summed E-state index contributed by atoms with van der Waals surface area (Å²) in [6.45, 7) is 2.75. The van der Waals surface area contributed by atoms with Crippen LogP contribution in [-0.2, 0) is 13.1 Å². The van der Waals surface area contributed by atoms with Gasteiger partial charge in [0.1, 0.15) is 5.82 Å². The lowest BCUT2D eigenvalue weighted by Crippen LogP contribution is -2.36. The third-order valence-electron chi connectivity index (χ3n) is 4.18. The highest BCUT2D eigenvalue weighted by Crippen LogP contribution is 2.24. The molecule has 0 unspecified atom stereocenters. The normalized spacial score (nSPS) is 15.8. The highest BCUT2D eigenvalue weighted by Gasteiger charge is 2.19. The zero-order valence-corrected chi connectivity index (χ0v) is 13.1. The van der Waals surface area contributed by atoms with Crippen LogP contribution in [-0.4, -0.2) is 29.3 Å². The Balaban J connectivity index is 1.61. The molecule has 2 heterocycles. The van der Waals surface area contributed by atoms with Crippen molar-refractivity contribution in [2.75, 3.05) is 18.0 Å². The van der Waals surface area contributed by atoms with Crippen LogP contribution in [0.25, 0.3) is 0 Å². The summed E-state index contributed by atoms with van der Waals surface area (Å²) in [5.74, 6) is -0.199. The summed E-state index contributed by atoms with van der Waals surface area (Å²) in [5.41, 5.74) is 2.66. The van der Waals surface area contributed by atoms with Crippen molar-refractivity contribution in [3.05, 3.63) is 59.7 Å². The van der Waals surface area contributed by atoms with E-state index in [1.807, 2.05) is 35.2 Å². The predicted molar refractivity (Wildman–Crippen MR) is 88.6 cm³/mol. The van der Waals surface area contributed by atoms with Crippen molar-refractivity contribution in [1.29, 1.82) is 0 Å². The number of rotatable bonds is 5. The summed E-state index contributed by atoms with van der Waals surface area (Å²) < 4.78 is 14.1. The molecule has 0 atom stereocenters. The van der Waals surface area contributed by atoms with Gasteiger partial charge in [0.2, 0.25) is 0 Å². The number of pyridine rings is 1. The first-order valence-electron chi connectivity index (χ1n) is 8.04. The number of aromatic nitrogens is 1. The summed E-state index contributed by atoms with van der Waals surface area (Å²) in [4.78, 5) is 6.29. The number of nitrogens with zero attached hydrogens (tertiary/aromatic N) is 2. The van der Waals surface area contributed by atoms with Gasteiger partial charge in [-0.15, -0.1) is 0 Å². The second-order valence-corrected chi connectivity index (χ2v) is 5.93. The Morgan fingerprint density at radius 1 is 1.17 bits per heavy atom. The minimum Gasteiger partial charge on any atom is -0.393 e. The zero-order chi connectivity index (χ0) is 16.1. The third kappa shape index (κ3) is 4.27. The molecule has 1 saturated heterocycles. The maximum Gasteiger partial charge on any atom is 0.146 e. The van der Waals surface area contributed by atoms with Gasteiger partial charge in [-0.1, -0.05) is 12.1 Å². The molecule has 1 aromatic carbocycles. The molecule has 0 amide bonds. The molecule has 0 spiro atoms. The Bertz CT molecular complexity index is 627. The van der Waals surface area contributed by atoms with E-state index in [-0.39, 0.29) is 11.9 Å². The SMILES string of the molecule is OC1CCN(c2cc(CNCc3ccccn3)ccc2F)CC1. The van der Waals surface area contributed by atoms with Crippen molar-refractivity contribution < 1.29 is 9.50 Å². The average molecular weight is 315 g/mol. The molecule has 0 radical (unpaired) electrons. The van der Waals surface area contributed by atoms with Gasteiger partial charge >= 0.3 is 0 Å².